The standard InChI is InChI=1S/C6H14N3O3P/c1-3-5-11-13(10,9-8-7)12-6-4-2/h3-6H2,1-2H3. The van der Waals surface area contributed by atoms with Crippen molar-refractivity contribution in [3.05, 3.63) is 10.4 Å². The Balaban J connectivity index is 4.16. The zero-order valence-electron chi connectivity index (χ0n) is 7.84. The van der Waals surface area contributed by atoms with Gasteiger partial charge >= 0.3 is 7.75 Å². The minimum atomic E-state index is -3.54. The summed E-state index contributed by atoms with van der Waals surface area (Å²) in [6.45, 7) is 4.25. The van der Waals surface area contributed by atoms with Gasteiger partial charge in [-0.1, -0.05) is 13.8 Å². The molecule has 0 spiro atoms. The third-order valence-corrected chi connectivity index (χ3v) is 2.38. The van der Waals surface area contributed by atoms with Gasteiger partial charge in [-0.05, 0) is 18.4 Å². The quantitative estimate of drug-likeness (QED) is 0.278. The lowest BCUT2D eigenvalue weighted by molar-refractivity contribution is 0.205. The van der Waals surface area contributed by atoms with E-state index in [1.807, 2.05) is 13.8 Å². The fraction of sp³-hybridized carbons (Fsp3) is 1.00. The van der Waals surface area contributed by atoms with Crippen LogP contribution in [0.1, 0.15) is 26.7 Å². The van der Waals surface area contributed by atoms with E-state index in [2.05, 4.69) is 9.80 Å². The largest absolute Gasteiger partial charge is 0.420 e. The lowest BCUT2D eigenvalue weighted by Crippen LogP contribution is -1.95. The van der Waals surface area contributed by atoms with E-state index in [0.717, 1.165) is 0 Å². The number of azide groups is 1. The summed E-state index contributed by atoms with van der Waals surface area (Å²) in [4.78, 5) is 5.45. The molecule has 7 heteroatoms. The molecule has 0 unspecified atom stereocenters. The highest BCUT2D eigenvalue weighted by molar-refractivity contribution is 7.52. The molecule has 0 rings (SSSR count). The molecule has 0 aromatic heterocycles. The van der Waals surface area contributed by atoms with E-state index in [4.69, 9.17) is 14.6 Å². The number of nitrogens with zero attached hydrogens (tertiary/aromatic N) is 3. The van der Waals surface area contributed by atoms with Crippen LogP contribution in [0.5, 0.6) is 0 Å². The van der Waals surface area contributed by atoms with Crippen molar-refractivity contribution in [1.82, 2.24) is 0 Å². The van der Waals surface area contributed by atoms with E-state index in [1.165, 1.54) is 0 Å². The van der Waals surface area contributed by atoms with Gasteiger partial charge in [0.25, 0.3) is 0 Å². The first-order valence-electron chi connectivity index (χ1n) is 4.14. The molecule has 0 amide bonds. The maximum atomic E-state index is 11.5. The third kappa shape index (κ3) is 5.66. The highest BCUT2D eigenvalue weighted by atomic mass is 31.2. The van der Waals surface area contributed by atoms with Crippen molar-refractivity contribution in [3.8, 4) is 0 Å². The number of hydrogen-bond acceptors (Lipinski definition) is 3. The average molecular weight is 207 g/mol. The van der Waals surface area contributed by atoms with Crippen LogP contribution in [0.15, 0.2) is 4.88 Å². The molecule has 0 atom stereocenters. The Kier molecular flexibility index (Phi) is 6.63. The van der Waals surface area contributed by atoms with Crippen LogP contribution in [0.25, 0.3) is 10.4 Å². The van der Waals surface area contributed by atoms with Gasteiger partial charge in [0, 0.05) is 9.80 Å². The first-order valence-corrected chi connectivity index (χ1v) is 5.63. The molecule has 0 N–H and O–H groups in total. The summed E-state index contributed by atoms with van der Waals surface area (Å²) in [5.41, 5.74) is 8.13. The first-order chi connectivity index (χ1) is 6.18. The van der Waals surface area contributed by atoms with Crippen LogP contribution in [0.4, 0.5) is 0 Å². The second kappa shape index (κ2) is 6.92. The van der Waals surface area contributed by atoms with Gasteiger partial charge < -0.3 is 9.05 Å². The van der Waals surface area contributed by atoms with Crippen molar-refractivity contribution in [3.63, 3.8) is 0 Å². The topological polar surface area (TPSA) is 84.3 Å². The number of hydrogen-bond donors (Lipinski definition) is 0. The molecule has 0 aromatic rings. The summed E-state index contributed by atoms with van der Waals surface area (Å²) in [5, 5.41) is 0. The van der Waals surface area contributed by atoms with Gasteiger partial charge in [-0.15, -0.1) is 0 Å². The minimum Gasteiger partial charge on any atom is -0.304 e. The van der Waals surface area contributed by atoms with E-state index in [9.17, 15) is 4.57 Å². The Hall–Kier alpha value is -0.540. The van der Waals surface area contributed by atoms with Crippen molar-refractivity contribution >= 4 is 7.75 Å². The van der Waals surface area contributed by atoms with Crippen molar-refractivity contribution in [1.29, 1.82) is 0 Å². The first kappa shape index (κ1) is 12.5. The molecule has 13 heavy (non-hydrogen) atoms. The summed E-state index contributed by atoms with van der Waals surface area (Å²) >= 11 is 0. The van der Waals surface area contributed by atoms with Crippen LogP contribution in [0.2, 0.25) is 0 Å². The average Bonchev–Trinajstić information content (AvgIpc) is 2.12. The highest BCUT2D eigenvalue weighted by Crippen LogP contribution is 2.50. The molecule has 0 aliphatic carbocycles. The summed E-state index contributed by atoms with van der Waals surface area (Å²) in [5.74, 6) is 0. The van der Waals surface area contributed by atoms with Crippen molar-refractivity contribution in [2.24, 2.45) is 4.88 Å². The Morgan fingerprint density at radius 2 is 1.77 bits per heavy atom. The molecule has 0 fully saturated rings. The molecule has 76 valence electrons. The van der Waals surface area contributed by atoms with Crippen LogP contribution in [-0.4, -0.2) is 13.2 Å². The van der Waals surface area contributed by atoms with Crippen LogP contribution in [-0.2, 0) is 13.6 Å². The van der Waals surface area contributed by atoms with Crippen molar-refractivity contribution < 1.29 is 13.6 Å². The third-order valence-electron chi connectivity index (χ3n) is 1.07. The Labute approximate surface area is 77.4 Å². The van der Waals surface area contributed by atoms with Gasteiger partial charge in [0.05, 0.1) is 13.2 Å². The molecule has 0 aromatic carbocycles. The van der Waals surface area contributed by atoms with Crippen LogP contribution < -0.4 is 0 Å². The van der Waals surface area contributed by atoms with E-state index >= 15 is 0 Å². The molecule has 0 saturated carbocycles. The van der Waals surface area contributed by atoms with Gasteiger partial charge in [-0.3, -0.25) is 4.57 Å². The van der Waals surface area contributed by atoms with Crippen LogP contribution in [0, 0.1) is 0 Å². The van der Waals surface area contributed by atoms with Gasteiger partial charge in [0.15, 0.2) is 0 Å². The lowest BCUT2D eigenvalue weighted by atomic mass is 10.5. The molecular formula is C6H14N3O3P. The van der Waals surface area contributed by atoms with Crippen molar-refractivity contribution in [2.45, 2.75) is 26.7 Å². The molecule has 0 aliphatic heterocycles. The van der Waals surface area contributed by atoms with Gasteiger partial charge in [0.1, 0.15) is 0 Å². The highest BCUT2D eigenvalue weighted by Gasteiger charge is 2.21. The molecular weight excluding hydrogens is 193 g/mol. The van der Waals surface area contributed by atoms with E-state index in [0.29, 0.717) is 12.8 Å². The molecule has 0 bridgehead atoms. The fourth-order valence-electron chi connectivity index (χ4n) is 0.551. The normalized spacial score (nSPS) is 10.9. The lowest BCUT2D eigenvalue weighted by Gasteiger charge is -2.11. The Bertz CT molecular complexity index is 215. The Morgan fingerprint density at radius 1 is 1.31 bits per heavy atom. The molecule has 0 aliphatic rings. The van der Waals surface area contributed by atoms with Gasteiger partial charge in [0.2, 0.25) is 0 Å². The second-order valence-corrected chi connectivity index (χ2v) is 3.95. The minimum absolute atomic E-state index is 0.264. The summed E-state index contributed by atoms with van der Waals surface area (Å²) in [7, 11) is -3.54. The number of rotatable bonds is 7. The monoisotopic (exact) mass is 207 g/mol. The second-order valence-electron chi connectivity index (χ2n) is 2.31. The summed E-state index contributed by atoms with van der Waals surface area (Å²) in [6.07, 6.45) is 1.39. The van der Waals surface area contributed by atoms with Gasteiger partial charge in [-0.2, -0.15) is 0 Å². The maximum Gasteiger partial charge on any atom is 0.420 e. The molecule has 0 saturated heterocycles. The molecule has 0 radical (unpaired) electrons. The summed E-state index contributed by atoms with van der Waals surface area (Å²) in [6, 6.07) is 0. The fourth-order valence-corrected chi connectivity index (χ4v) is 1.65. The SMILES string of the molecule is CCCOP(=O)(N=[N+]=[N-])OCCC. The van der Waals surface area contributed by atoms with E-state index in [1.54, 1.807) is 0 Å². The zero-order valence-corrected chi connectivity index (χ0v) is 8.74. The smallest absolute Gasteiger partial charge is 0.304 e. The summed E-state index contributed by atoms with van der Waals surface area (Å²) < 4.78 is 21.1. The molecule has 0 heterocycles. The zero-order chi connectivity index (χ0) is 10.2. The predicted octanol–water partition coefficient (Wildman–Crippen LogP) is 3.26. The molecule has 6 nitrogen and oxygen atoms in total. The van der Waals surface area contributed by atoms with Gasteiger partial charge in [-0.25, -0.2) is 0 Å². The maximum absolute atomic E-state index is 11.5. The van der Waals surface area contributed by atoms with E-state index < -0.39 is 7.75 Å². The predicted molar refractivity (Wildman–Crippen MR) is 49.2 cm³/mol. The van der Waals surface area contributed by atoms with Crippen LogP contribution in [0.3, 0.4) is 0 Å². The Morgan fingerprint density at radius 3 is 2.08 bits per heavy atom. The van der Waals surface area contributed by atoms with Crippen molar-refractivity contribution in [2.75, 3.05) is 13.2 Å². The van der Waals surface area contributed by atoms with E-state index in [-0.39, 0.29) is 13.2 Å². The van der Waals surface area contributed by atoms with Crippen LogP contribution >= 0.6 is 7.75 Å².